The number of benzene rings is 2. The number of hydrogen-bond donors (Lipinski definition) is 1. The summed E-state index contributed by atoms with van der Waals surface area (Å²) < 4.78 is 5.33. The molecule has 1 N–H and O–H groups in total. The predicted octanol–water partition coefficient (Wildman–Crippen LogP) is 3.83. The highest BCUT2D eigenvalue weighted by Gasteiger charge is 2.13. The van der Waals surface area contributed by atoms with E-state index in [1.54, 1.807) is 30.0 Å². The minimum Gasteiger partial charge on any atom is -0.508 e. The molecule has 3 rings (SSSR count). The predicted molar refractivity (Wildman–Crippen MR) is 78.6 cm³/mol. The van der Waals surface area contributed by atoms with Gasteiger partial charge in [-0.25, -0.2) is 0 Å². The van der Waals surface area contributed by atoms with E-state index in [1.165, 1.54) is 0 Å². The zero-order chi connectivity index (χ0) is 13.9. The summed E-state index contributed by atoms with van der Waals surface area (Å²) >= 11 is 1.63. The van der Waals surface area contributed by atoms with Gasteiger partial charge in [0.1, 0.15) is 5.75 Å². The molecule has 0 atom stereocenters. The second-order valence-corrected chi connectivity index (χ2v) is 5.02. The van der Waals surface area contributed by atoms with Gasteiger partial charge in [0.15, 0.2) is 0 Å². The first-order valence-electron chi connectivity index (χ1n) is 6.04. The highest BCUT2D eigenvalue weighted by Crippen LogP contribution is 2.30. The fraction of sp³-hybridized carbons (Fsp3) is 0.0667. The monoisotopic (exact) mass is 284 g/mol. The summed E-state index contributed by atoms with van der Waals surface area (Å²) in [6, 6.07) is 14.7. The molecule has 3 aromatic rings. The zero-order valence-corrected chi connectivity index (χ0v) is 11.6. The Kier molecular flexibility index (Phi) is 3.43. The number of nitrogens with zero attached hydrogens (tertiary/aromatic N) is 2. The Hall–Kier alpha value is -2.27. The highest BCUT2D eigenvalue weighted by atomic mass is 32.2. The third-order valence-electron chi connectivity index (χ3n) is 2.87. The molecule has 2 aromatic carbocycles. The van der Waals surface area contributed by atoms with Crippen LogP contribution in [0.3, 0.4) is 0 Å². The lowest BCUT2D eigenvalue weighted by Crippen LogP contribution is -1.83. The van der Waals surface area contributed by atoms with Crippen molar-refractivity contribution in [2.45, 2.75) is 4.90 Å². The molecule has 5 heteroatoms. The third kappa shape index (κ3) is 2.40. The molecule has 0 radical (unpaired) electrons. The Balaban J connectivity index is 2.02. The standard InChI is InChI=1S/C15H12N2O2S/c1-20-13-8-3-2-7-12(13)15-16-14(17-19-15)10-5-4-6-11(18)9-10/h2-9,18H,1H3. The van der Waals surface area contributed by atoms with Gasteiger partial charge < -0.3 is 9.63 Å². The first kappa shape index (κ1) is 12.7. The van der Waals surface area contributed by atoms with Crippen LogP contribution in [0.15, 0.2) is 57.9 Å². The number of thioether (sulfide) groups is 1. The summed E-state index contributed by atoms with van der Waals surface area (Å²) in [5.74, 6) is 1.12. The van der Waals surface area contributed by atoms with Crippen LogP contribution in [0.2, 0.25) is 0 Å². The molecule has 0 spiro atoms. The molecule has 0 saturated carbocycles. The van der Waals surface area contributed by atoms with Crippen molar-refractivity contribution < 1.29 is 9.63 Å². The van der Waals surface area contributed by atoms with Crippen molar-refractivity contribution in [1.29, 1.82) is 0 Å². The van der Waals surface area contributed by atoms with E-state index in [2.05, 4.69) is 10.1 Å². The quantitative estimate of drug-likeness (QED) is 0.741. The lowest BCUT2D eigenvalue weighted by molar-refractivity contribution is 0.431. The Morgan fingerprint density at radius 3 is 2.75 bits per heavy atom. The summed E-state index contributed by atoms with van der Waals surface area (Å²) in [6.07, 6.45) is 2.01. The number of rotatable bonds is 3. The molecular weight excluding hydrogens is 272 g/mol. The lowest BCUT2D eigenvalue weighted by atomic mass is 10.2. The van der Waals surface area contributed by atoms with E-state index in [1.807, 2.05) is 36.6 Å². The van der Waals surface area contributed by atoms with E-state index in [9.17, 15) is 5.11 Å². The second kappa shape index (κ2) is 5.38. The number of hydrogen-bond acceptors (Lipinski definition) is 5. The maximum atomic E-state index is 9.49. The van der Waals surface area contributed by atoms with Crippen LogP contribution >= 0.6 is 11.8 Å². The molecule has 0 saturated heterocycles. The van der Waals surface area contributed by atoms with Gasteiger partial charge in [-0.3, -0.25) is 0 Å². The SMILES string of the molecule is CSc1ccccc1-c1nc(-c2cccc(O)c2)no1. The molecule has 0 bridgehead atoms. The number of aromatic hydroxyl groups is 1. The van der Waals surface area contributed by atoms with E-state index >= 15 is 0 Å². The van der Waals surface area contributed by atoms with E-state index < -0.39 is 0 Å². The second-order valence-electron chi connectivity index (χ2n) is 4.17. The average molecular weight is 284 g/mol. The molecule has 0 unspecified atom stereocenters. The first-order chi connectivity index (χ1) is 9.78. The number of phenolic OH excluding ortho intramolecular Hbond substituents is 1. The largest absolute Gasteiger partial charge is 0.508 e. The van der Waals surface area contributed by atoms with Crippen molar-refractivity contribution in [3.8, 4) is 28.6 Å². The van der Waals surface area contributed by atoms with Crippen LogP contribution in [0, 0.1) is 0 Å². The fourth-order valence-electron chi connectivity index (χ4n) is 1.92. The molecule has 20 heavy (non-hydrogen) atoms. The summed E-state index contributed by atoms with van der Waals surface area (Å²) in [7, 11) is 0. The molecule has 0 aliphatic rings. The van der Waals surface area contributed by atoms with Gasteiger partial charge in [-0.15, -0.1) is 11.8 Å². The van der Waals surface area contributed by atoms with Gasteiger partial charge in [-0.05, 0) is 30.5 Å². The molecule has 4 nitrogen and oxygen atoms in total. The van der Waals surface area contributed by atoms with Gasteiger partial charge in [-0.1, -0.05) is 29.4 Å². The summed E-state index contributed by atoms with van der Waals surface area (Å²) in [6.45, 7) is 0. The third-order valence-corrected chi connectivity index (χ3v) is 3.66. The van der Waals surface area contributed by atoms with Gasteiger partial charge in [0.05, 0.1) is 5.56 Å². The molecule has 0 amide bonds. The van der Waals surface area contributed by atoms with E-state index in [4.69, 9.17) is 4.52 Å². The molecular formula is C15H12N2O2S. The van der Waals surface area contributed by atoms with Gasteiger partial charge in [-0.2, -0.15) is 4.98 Å². The van der Waals surface area contributed by atoms with E-state index in [0.29, 0.717) is 11.7 Å². The molecule has 0 fully saturated rings. The van der Waals surface area contributed by atoms with Gasteiger partial charge >= 0.3 is 0 Å². The average Bonchev–Trinajstić information content (AvgIpc) is 2.97. The summed E-state index contributed by atoms with van der Waals surface area (Å²) in [4.78, 5) is 5.48. The van der Waals surface area contributed by atoms with Crippen molar-refractivity contribution in [3.63, 3.8) is 0 Å². The molecule has 100 valence electrons. The molecule has 0 aliphatic carbocycles. The van der Waals surface area contributed by atoms with Gasteiger partial charge in [0.2, 0.25) is 5.82 Å². The van der Waals surface area contributed by atoms with Crippen molar-refractivity contribution >= 4 is 11.8 Å². The molecule has 1 heterocycles. The Morgan fingerprint density at radius 1 is 1.10 bits per heavy atom. The maximum Gasteiger partial charge on any atom is 0.259 e. The van der Waals surface area contributed by atoms with Crippen molar-refractivity contribution in [3.05, 3.63) is 48.5 Å². The van der Waals surface area contributed by atoms with Crippen LogP contribution in [0.4, 0.5) is 0 Å². The first-order valence-corrected chi connectivity index (χ1v) is 7.27. The molecule has 0 aliphatic heterocycles. The van der Waals surface area contributed by atoms with Crippen LogP contribution < -0.4 is 0 Å². The van der Waals surface area contributed by atoms with E-state index in [0.717, 1.165) is 16.0 Å². The number of phenols is 1. The van der Waals surface area contributed by atoms with Gasteiger partial charge in [0, 0.05) is 10.5 Å². The van der Waals surface area contributed by atoms with Crippen molar-refractivity contribution in [2.75, 3.05) is 6.26 Å². The smallest absolute Gasteiger partial charge is 0.259 e. The Labute approximate surface area is 120 Å². The van der Waals surface area contributed by atoms with Gasteiger partial charge in [0.25, 0.3) is 5.89 Å². The fourth-order valence-corrected chi connectivity index (χ4v) is 2.51. The lowest BCUT2D eigenvalue weighted by Gasteiger charge is -2.00. The Morgan fingerprint density at radius 2 is 1.95 bits per heavy atom. The highest BCUT2D eigenvalue weighted by molar-refractivity contribution is 7.98. The Bertz CT molecular complexity index is 740. The molecule has 1 aromatic heterocycles. The maximum absolute atomic E-state index is 9.49. The minimum atomic E-state index is 0.179. The summed E-state index contributed by atoms with van der Waals surface area (Å²) in [5.41, 5.74) is 1.64. The van der Waals surface area contributed by atoms with Crippen LogP contribution in [-0.2, 0) is 0 Å². The minimum absolute atomic E-state index is 0.179. The number of aromatic nitrogens is 2. The topological polar surface area (TPSA) is 59.2 Å². The van der Waals surface area contributed by atoms with Crippen molar-refractivity contribution in [2.24, 2.45) is 0 Å². The van der Waals surface area contributed by atoms with E-state index in [-0.39, 0.29) is 5.75 Å². The van der Waals surface area contributed by atoms with Crippen LogP contribution in [0.5, 0.6) is 5.75 Å². The van der Waals surface area contributed by atoms with Crippen LogP contribution in [-0.4, -0.2) is 21.5 Å². The summed E-state index contributed by atoms with van der Waals surface area (Å²) in [5, 5.41) is 13.5. The normalized spacial score (nSPS) is 10.7. The van der Waals surface area contributed by atoms with Crippen LogP contribution in [0.25, 0.3) is 22.8 Å². The van der Waals surface area contributed by atoms with Crippen molar-refractivity contribution in [1.82, 2.24) is 10.1 Å². The van der Waals surface area contributed by atoms with Crippen LogP contribution in [0.1, 0.15) is 0 Å². The zero-order valence-electron chi connectivity index (χ0n) is 10.8.